The van der Waals surface area contributed by atoms with Gasteiger partial charge in [-0.3, -0.25) is 0 Å². The highest BCUT2D eigenvalue weighted by Crippen LogP contribution is 2.56. The molecule has 0 saturated carbocycles. The van der Waals surface area contributed by atoms with Crippen LogP contribution < -0.4 is 0 Å². The van der Waals surface area contributed by atoms with Crippen molar-refractivity contribution in [2.24, 2.45) is 0 Å². The van der Waals surface area contributed by atoms with E-state index in [1.54, 1.807) is 0 Å². The molecule has 0 bridgehead atoms. The van der Waals surface area contributed by atoms with Crippen LogP contribution in [0.15, 0.2) is 192 Å². The molecule has 0 radical (unpaired) electrons. The molecule has 8 aromatic carbocycles. The number of fused-ring (bicyclic) bond motifs is 10. The van der Waals surface area contributed by atoms with Crippen LogP contribution in [-0.4, -0.2) is 4.98 Å². The Morgan fingerprint density at radius 1 is 0.404 bits per heavy atom. The number of para-hydroxylation sites is 1. The fourth-order valence-electron chi connectivity index (χ4n) is 8.89. The first kappa shape index (κ1) is 29.0. The monoisotopic (exact) mass is 661 g/mol. The van der Waals surface area contributed by atoms with E-state index in [1.165, 1.54) is 38.9 Å². The molecule has 2 aromatic heterocycles. The summed E-state index contributed by atoms with van der Waals surface area (Å²) in [5.74, 6) is 0. The van der Waals surface area contributed by atoms with Crippen molar-refractivity contribution in [3.63, 3.8) is 0 Å². The largest absolute Gasteiger partial charge is 0.455 e. The highest BCUT2D eigenvalue weighted by atomic mass is 16.3. The average Bonchev–Trinajstić information content (AvgIpc) is 3.74. The van der Waals surface area contributed by atoms with Crippen molar-refractivity contribution in [2.75, 3.05) is 0 Å². The van der Waals surface area contributed by atoms with E-state index in [9.17, 15) is 0 Å². The maximum absolute atomic E-state index is 6.79. The van der Waals surface area contributed by atoms with Crippen LogP contribution in [0.5, 0.6) is 0 Å². The molecule has 1 aliphatic rings. The fourth-order valence-corrected chi connectivity index (χ4v) is 8.89. The van der Waals surface area contributed by atoms with Crippen LogP contribution in [0.1, 0.15) is 22.3 Å². The molecule has 0 fully saturated rings. The van der Waals surface area contributed by atoms with Gasteiger partial charge in [0.1, 0.15) is 11.2 Å². The number of nitrogens with zero attached hydrogens (tertiary/aromatic N) is 1. The smallest absolute Gasteiger partial charge is 0.144 e. The van der Waals surface area contributed by atoms with Crippen LogP contribution in [0, 0.1) is 0 Å². The predicted octanol–water partition coefficient (Wildman–Crippen LogP) is 13.0. The van der Waals surface area contributed by atoms with Gasteiger partial charge in [0.2, 0.25) is 0 Å². The van der Waals surface area contributed by atoms with Crippen molar-refractivity contribution in [1.29, 1.82) is 0 Å². The van der Waals surface area contributed by atoms with Gasteiger partial charge in [-0.25, -0.2) is 4.98 Å². The number of aromatic nitrogens is 1. The minimum Gasteiger partial charge on any atom is -0.455 e. The summed E-state index contributed by atoms with van der Waals surface area (Å²) in [6.07, 6.45) is 0. The van der Waals surface area contributed by atoms with E-state index in [-0.39, 0.29) is 0 Å². The van der Waals surface area contributed by atoms with Crippen molar-refractivity contribution in [2.45, 2.75) is 5.41 Å². The van der Waals surface area contributed by atoms with Gasteiger partial charge in [-0.15, -0.1) is 0 Å². The predicted molar refractivity (Wildman–Crippen MR) is 215 cm³/mol. The summed E-state index contributed by atoms with van der Waals surface area (Å²) in [7, 11) is 0. The van der Waals surface area contributed by atoms with Gasteiger partial charge in [-0.1, -0.05) is 158 Å². The van der Waals surface area contributed by atoms with Gasteiger partial charge in [0, 0.05) is 32.5 Å². The third kappa shape index (κ3) is 4.03. The molecule has 11 rings (SSSR count). The quantitative estimate of drug-likeness (QED) is 0.175. The molecule has 0 spiro atoms. The van der Waals surface area contributed by atoms with Crippen molar-refractivity contribution in [3.05, 3.63) is 210 Å². The van der Waals surface area contributed by atoms with E-state index >= 15 is 0 Å². The minimum absolute atomic E-state index is 0.443. The first-order valence-corrected chi connectivity index (χ1v) is 17.9. The summed E-state index contributed by atoms with van der Waals surface area (Å²) in [6, 6.07) is 67.9. The minimum atomic E-state index is -0.443. The van der Waals surface area contributed by atoms with Gasteiger partial charge in [-0.2, -0.15) is 0 Å². The van der Waals surface area contributed by atoms with E-state index in [1.807, 2.05) is 6.07 Å². The molecule has 52 heavy (non-hydrogen) atoms. The lowest BCUT2D eigenvalue weighted by molar-refractivity contribution is 0.673. The van der Waals surface area contributed by atoms with E-state index in [0.717, 1.165) is 60.4 Å². The van der Waals surface area contributed by atoms with Gasteiger partial charge in [0.05, 0.1) is 16.6 Å². The van der Waals surface area contributed by atoms with Crippen LogP contribution >= 0.6 is 0 Å². The second-order valence-electron chi connectivity index (χ2n) is 13.8. The van der Waals surface area contributed by atoms with Gasteiger partial charge in [0.15, 0.2) is 0 Å². The topological polar surface area (TPSA) is 26.0 Å². The zero-order valence-corrected chi connectivity index (χ0v) is 28.3. The number of benzene rings is 8. The van der Waals surface area contributed by atoms with Crippen LogP contribution in [0.2, 0.25) is 0 Å². The number of hydrogen-bond donors (Lipinski definition) is 0. The van der Waals surface area contributed by atoms with Gasteiger partial charge < -0.3 is 4.42 Å². The fraction of sp³-hybridized carbons (Fsp3) is 0.0200. The highest BCUT2D eigenvalue weighted by molar-refractivity contribution is 6.24. The molecule has 2 heterocycles. The molecule has 0 amide bonds. The van der Waals surface area contributed by atoms with Crippen LogP contribution in [-0.2, 0) is 5.41 Å². The zero-order valence-electron chi connectivity index (χ0n) is 28.3. The van der Waals surface area contributed by atoms with Crippen molar-refractivity contribution in [3.8, 4) is 33.5 Å². The normalized spacial score (nSPS) is 13.2. The van der Waals surface area contributed by atoms with Crippen molar-refractivity contribution >= 4 is 43.6 Å². The second kappa shape index (κ2) is 11.1. The molecule has 0 aliphatic heterocycles. The van der Waals surface area contributed by atoms with Gasteiger partial charge in [0.25, 0.3) is 0 Å². The van der Waals surface area contributed by atoms with E-state index < -0.39 is 5.41 Å². The molecule has 0 N–H and O–H groups in total. The standard InChI is InChI=1S/C50H31NO/c1-4-14-32(15-5-1)48-41-28-27-39-42-30-33(25-29-46(42)52-49(39)47(41)40-21-11-13-23-45(40)51-48)34-24-26-38-37-20-10-12-22-43(37)50(44(38)31-34,35-16-6-2-7-17-35)36-18-8-3-9-19-36/h1-31H. The maximum atomic E-state index is 6.79. The van der Waals surface area contributed by atoms with Crippen LogP contribution in [0.4, 0.5) is 0 Å². The molecule has 0 saturated heterocycles. The number of pyridine rings is 1. The summed E-state index contributed by atoms with van der Waals surface area (Å²) in [5.41, 5.74) is 14.4. The lowest BCUT2D eigenvalue weighted by Crippen LogP contribution is -2.28. The molecule has 0 atom stereocenters. The highest BCUT2D eigenvalue weighted by Gasteiger charge is 2.46. The van der Waals surface area contributed by atoms with E-state index in [2.05, 4.69) is 182 Å². The number of hydrogen-bond acceptors (Lipinski definition) is 2. The first-order valence-electron chi connectivity index (χ1n) is 17.9. The summed E-state index contributed by atoms with van der Waals surface area (Å²) >= 11 is 0. The molecule has 10 aromatic rings. The molecule has 0 unspecified atom stereocenters. The molecule has 242 valence electrons. The van der Waals surface area contributed by atoms with Crippen LogP contribution in [0.25, 0.3) is 77.1 Å². The Balaban J connectivity index is 1.15. The summed E-state index contributed by atoms with van der Waals surface area (Å²) in [6.45, 7) is 0. The summed E-state index contributed by atoms with van der Waals surface area (Å²) in [4.78, 5) is 5.15. The average molecular weight is 662 g/mol. The third-order valence-electron chi connectivity index (χ3n) is 11.1. The van der Waals surface area contributed by atoms with Gasteiger partial charge in [-0.05, 0) is 74.8 Å². The third-order valence-corrected chi connectivity index (χ3v) is 11.1. The van der Waals surface area contributed by atoms with E-state index in [4.69, 9.17) is 9.40 Å². The molecular weight excluding hydrogens is 631 g/mol. The Labute approximate surface area is 301 Å². The molecule has 2 nitrogen and oxygen atoms in total. The molecule has 1 aliphatic carbocycles. The summed E-state index contributed by atoms with van der Waals surface area (Å²) in [5, 5.41) is 5.51. The Morgan fingerprint density at radius 2 is 1.02 bits per heavy atom. The van der Waals surface area contributed by atoms with Crippen molar-refractivity contribution < 1.29 is 4.42 Å². The maximum Gasteiger partial charge on any atom is 0.144 e. The molecular formula is C50H31NO. The number of rotatable bonds is 4. The Kier molecular flexibility index (Phi) is 6.20. The molecule has 2 heteroatoms. The lowest BCUT2D eigenvalue weighted by atomic mass is 9.67. The SMILES string of the molecule is c1ccc(-c2nc3ccccc3c3c2ccc2c4cc(-c5ccc6c(c5)C(c5ccccc5)(c5ccccc5)c5ccccc5-6)ccc4oc23)cc1. The number of furan rings is 1. The Hall–Kier alpha value is -6.77. The first-order chi connectivity index (χ1) is 25.8. The van der Waals surface area contributed by atoms with Gasteiger partial charge >= 0.3 is 0 Å². The second-order valence-corrected chi connectivity index (χ2v) is 13.8. The Bertz CT molecular complexity index is 2960. The summed E-state index contributed by atoms with van der Waals surface area (Å²) < 4.78 is 6.79. The van der Waals surface area contributed by atoms with Crippen molar-refractivity contribution in [1.82, 2.24) is 4.98 Å². The van der Waals surface area contributed by atoms with E-state index in [0.29, 0.717) is 0 Å². The zero-order chi connectivity index (χ0) is 34.2. The van der Waals surface area contributed by atoms with Crippen LogP contribution in [0.3, 0.4) is 0 Å². The Morgan fingerprint density at radius 3 is 1.81 bits per heavy atom. The lowest BCUT2D eigenvalue weighted by Gasteiger charge is -2.34.